The van der Waals surface area contributed by atoms with E-state index >= 15 is 0 Å². The molecule has 3 nitrogen and oxygen atoms in total. The smallest absolute Gasteiger partial charge is 0.207 e. The maximum atomic E-state index is 12.2. The number of sulfonamides is 1. The van der Waals surface area contributed by atoms with Gasteiger partial charge in [0.1, 0.15) is 4.21 Å². The van der Waals surface area contributed by atoms with Crippen LogP contribution in [0.15, 0.2) is 14.1 Å². The van der Waals surface area contributed by atoms with E-state index in [0.29, 0.717) is 4.21 Å². The van der Waals surface area contributed by atoms with Crippen molar-refractivity contribution < 1.29 is 8.42 Å². The summed E-state index contributed by atoms with van der Waals surface area (Å²) in [5.74, 6) is 0.726. The fourth-order valence-corrected chi connectivity index (χ4v) is 5.77. The van der Waals surface area contributed by atoms with Crippen LogP contribution in [-0.2, 0) is 10.0 Å². The molecular weight excluding hydrogens is 334 g/mol. The first-order valence-electron chi connectivity index (χ1n) is 6.17. The first-order valence-corrected chi connectivity index (χ1v) is 9.26. The Morgan fingerprint density at radius 3 is 2.44 bits per heavy atom. The predicted molar refractivity (Wildman–Crippen MR) is 78.5 cm³/mol. The maximum absolute atomic E-state index is 12.2. The van der Waals surface area contributed by atoms with E-state index in [4.69, 9.17) is 0 Å². The molecule has 1 aliphatic carbocycles. The van der Waals surface area contributed by atoms with Gasteiger partial charge in [0.05, 0.1) is 3.79 Å². The fraction of sp³-hybridized carbons (Fsp3) is 0.667. The van der Waals surface area contributed by atoms with Crippen molar-refractivity contribution in [3.63, 3.8) is 0 Å². The van der Waals surface area contributed by atoms with Crippen LogP contribution < -0.4 is 4.72 Å². The Morgan fingerprint density at radius 2 is 1.94 bits per heavy atom. The van der Waals surface area contributed by atoms with Crippen molar-refractivity contribution in [1.82, 2.24) is 4.72 Å². The second-order valence-corrected chi connectivity index (χ2v) is 9.41. The van der Waals surface area contributed by atoms with E-state index in [9.17, 15) is 8.42 Å². The normalized spacial score (nSPS) is 25.3. The SMILES string of the molecule is Cc1cc(S(=O)(=O)NC2CCC(C)CC2)sc1Br. The molecule has 0 atom stereocenters. The molecule has 18 heavy (non-hydrogen) atoms. The molecule has 1 fully saturated rings. The Labute approximate surface area is 121 Å². The van der Waals surface area contributed by atoms with Crippen molar-refractivity contribution in [2.75, 3.05) is 0 Å². The van der Waals surface area contributed by atoms with Gasteiger partial charge in [0.2, 0.25) is 10.0 Å². The molecule has 0 unspecified atom stereocenters. The van der Waals surface area contributed by atoms with Crippen molar-refractivity contribution in [3.8, 4) is 0 Å². The standard InChI is InChI=1S/C12H18BrNO2S2/c1-8-3-5-10(6-4-8)14-18(15,16)11-7-9(2)12(13)17-11/h7-8,10,14H,3-6H2,1-2H3. The van der Waals surface area contributed by atoms with Crippen molar-refractivity contribution >= 4 is 37.3 Å². The monoisotopic (exact) mass is 351 g/mol. The van der Waals surface area contributed by atoms with Gasteiger partial charge in [0.15, 0.2) is 0 Å². The molecule has 0 amide bonds. The Hall–Kier alpha value is 0.0900. The number of aryl methyl sites for hydroxylation is 1. The molecule has 1 aliphatic rings. The van der Waals surface area contributed by atoms with E-state index in [2.05, 4.69) is 27.6 Å². The largest absolute Gasteiger partial charge is 0.250 e. The third kappa shape index (κ3) is 3.35. The van der Waals surface area contributed by atoms with Crippen LogP contribution in [0, 0.1) is 12.8 Å². The highest BCUT2D eigenvalue weighted by Gasteiger charge is 2.25. The number of rotatable bonds is 3. The van der Waals surface area contributed by atoms with Gasteiger partial charge >= 0.3 is 0 Å². The second-order valence-electron chi connectivity index (χ2n) is 5.10. The molecular formula is C12H18BrNO2S2. The lowest BCUT2D eigenvalue weighted by atomic mass is 9.88. The molecule has 0 bridgehead atoms. The molecule has 0 radical (unpaired) electrons. The summed E-state index contributed by atoms with van der Waals surface area (Å²) in [6.07, 6.45) is 4.12. The lowest BCUT2D eigenvalue weighted by Gasteiger charge is -2.26. The van der Waals surface area contributed by atoms with Crippen LogP contribution >= 0.6 is 27.3 Å². The average Bonchev–Trinajstić information content (AvgIpc) is 2.63. The van der Waals surface area contributed by atoms with Gasteiger partial charge < -0.3 is 0 Å². The molecule has 2 rings (SSSR count). The minimum absolute atomic E-state index is 0.104. The molecule has 0 saturated heterocycles. The molecule has 1 aromatic rings. The van der Waals surface area contributed by atoms with Gasteiger partial charge in [0, 0.05) is 6.04 Å². The summed E-state index contributed by atoms with van der Waals surface area (Å²) in [6, 6.07) is 1.83. The van der Waals surface area contributed by atoms with Gasteiger partial charge in [-0.2, -0.15) is 0 Å². The minimum Gasteiger partial charge on any atom is -0.207 e. The predicted octanol–water partition coefficient (Wildman–Crippen LogP) is 3.68. The van der Waals surface area contributed by atoms with Crippen molar-refractivity contribution in [1.29, 1.82) is 0 Å². The maximum Gasteiger partial charge on any atom is 0.250 e. The molecule has 0 aromatic carbocycles. The molecule has 1 N–H and O–H groups in total. The van der Waals surface area contributed by atoms with Crippen LogP contribution in [0.25, 0.3) is 0 Å². The average molecular weight is 352 g/mol. The molecule has 6 heteroatoms. The Bertz CT molecular complexity index is 497. The Morgan fingerprint density at radius 1 is 1.33 bits per heavy atom. The number of thiophene rings is 1. The number of halogens is 1. The summed E-state index contributed by atoms with van der Waals surface area (Å²) in [5, 5.41) is 0. The van der Waals surface area contributed by atoms with Gasteiger partial charge in [-0.25, -0.2) is 13.1 Å². The van der Waals surface area contributed by atoms with E-state index in [1.165, 1.54) is 11.3 Å². The van der Waals surface area contributed by atoms with Crippen LogP contribution in [-0.4, -0.2) is 14.5 Å². The summed E-state index contributed by atoms with van der Waals surface area (Å²) < 4.78 is 28.6. The van der Waals surface area contributed by atoms with Crippen molar-refractivity contribution in [2.45, 2.75) is 49.8 Å². The third-order valence-corrected chi connectivity index (χ3v) is 7.57. The zero-order valence-corrected chi connectivity index (χ0v) is 13.8. The number of hydrogen-bond acceptors (Lipinski definition) is 3. The van der Waals surface area contributed by atoms with Crippen LogP contribution in [0.3, 0.4) is 0 Å². The summed E-state index contributed by atoms with van der Waals surface area (Å²) in [7, 11) is -3.34. The van der Waals surface area contributed by atoms with Crippen LogP contribution in [0.5, 0.6) is 0 Å². The first-order chi connectivity index (χ1) is 8.38. The van der Waals surface area contributed by atoms with Gasteiger partial charge in [-0.3, -0.25) is 0 Å². The van der Waals surface area contributed by atoms with E-state index in [-0.39, 0.29) is 6.04 Å². The molecule has 0 aliphatic heterocycles. The van der Waals surface area contributed by atoms with Gasteiger partial charge in [-0.05, 0) is 66.1 Å². The van der Waals surface area contributed by atoms with E-state index in [1.54, 1.807) is 6.07 Å². The zero-order valence-electron chi connectivity index (χ0n) is 10.6. The molecule has 1 aromatic heterocycles. The topological polar surface area (TPSA) is 46.2 Å². The lowest BCUT2D eigenvalue weighted by molar-refractivity contribution is 0.332. The minimum atomic E-state index is -3.34. The fourth-order valence-electron chi connectivity index (χ4n) is 2.22. The highest BCUT2D eigenvalue weighted by atomic mass is 79.9. The molecule has 1 saturated carbocycles. The van der Waals surface area contributed by atoms with Crippen molar-refractivity contribution in [3.05, 3.63) is 15.4 Å². The summed E-state index contributed by atoms with van der Waals surface area (Å²) in [6.45, 7) is 4.13. The van der Waals surface area contributed by atoms with Crippen molar-refractivity contribution in [2.24, 2.45) is 5.92 Å². The van der Waals surface area contributed by atoms with Gasteiger partial charge in [-0.1, -0.05) is 6.92 Å². The lowest BCUT2D eigenvalue weighted by Crippen LogP contribution is -2.36. The number of hydrogen-bond donors (Lipinski definition) is 1. The zero-order chi connectivity index (χ0) is 13.3. The van der Waals surface area contributed by atoms with E-state index < -0.39 is 10.0 Å². The van der Waals surface area contributed by atoms with Crippen LogP contribution in [0.4, 0.5) is 0 Å². The van der Waals surface area contributed by atoms with E-state index in [1.807, 2.05) is 6.92 Å². The highest BCUT2D eigenvalue weighted by Crippen LogP contribution is 2.31. The molecule has 1 heterocycles. The van der Waals surface area contributed by atoms with Crippen LogP contribution in [0.1, 0.15) is 38.2 Å². The van der Waals surface area contributed by atoms with E-state index in [0.717, 1.165) is 41.0 Å². The quantitative estimate of drug-likeness (QED) is 0.902. The van der Waals surface area contributed by atoms with Gasteiger partial charge in [-0.15, -0.1) is 11.3 Å². The Kier molecular flexibility index (Phi) is 4.52. The summed E-state index contributed by atoms with van der Waals surface area (Å²) in [4.78, 5) is 0. The third-order valence-electron chi connectivity index (χ3n) is 3.44. The Balaban J connectivity index is 2.08. The first kappa shape index (κ1) is 14.5. The number of nitrogens with one attached hydrogen (secondary N) is 1. The highest BCUT2D eigenvalue weighted by molar-refractivity contribution is 9.11. The summed E-state index contributed by atoms with van der Waals surface area (Å²) in [5.41, 5.74) is 0.970. The summed E-state index contributed by atoms with van der Waals surface area (Å²) >= 11 is 4.64. The van der Waals surface area contributed by atoms with Crippen LogP contribution in [0.2, 0.25) is 0 Å². The molecule has 102 valence electrons. The second kappa shape index (κ2) is 5.61. The van der Waals surface area contributed by atoms with Gasteiger partial charge in [0.25, 0.3) is 0 Å². The molecule has 0 spiro atoms.